The van der Waals surface area contributed by atoms with Crippen LogP contribution in [0.3, 0.4) is 0 Å². The van der Waals surface area contributed by atoms with Gasteiger partial charge >= 0.3 is 0 Å². The minimum Gasteiger partial charge on any atom is -0.380 e. The van der Waals surface area contributed by atoms with Gasteiger partial charge in [-0.1, -0.05) is 37.2 Å². The van der Waals surface area contributed by atoms with Gasteiger partial charge in [0.1, 0.15) is 5.76 Å². The van der Waals surface area contributed by atoms with Crippen LogP contribution in [0.5, 0.6) is 0 Å². The number of nitrogens with zero attached hydrogens (tertiary/aromatic N) is 1. The molecule has 3 heteroatoms. The van der Waals surface area contributed by atoms with Crippen LogP contribution in [0.15, 0.2) is 22.7 Å². The molecule has 19 heavy (non-hydrogen) atoms. The van der Waals surface area contributed by atoms with Crippen LogP contribution < -0.4 is 5.73 Å². The van der Waals surface area contributed by atoms with E-state index in [9.17, 15) is 0 Å². The Balaban J connectivity index is 2.37. The topological polar surface area (TPSA) is 52.0 Å². The van der Waals surface area contributed by atoms with Crippen molar-refractivity contribution in [3.8, 4) is 11.1 Å². The molecule has 0 saturated carbocycles. The minimum atomic E-state index is 0.488. The first-order valence-corrected chi connectivity index (χ1v) is 6.80. The normalized spacial score (nSPS) is 11.2. The summed E-state index contributed by atoms with van der Waals surface area (Å²) >= 11 is 0. The Hall–Kier alpha value is -1.77. The van der Waals surface area contributed by atoms with E-state index in [4.69, 9.17) is 10.3 Å². The van der Waals surface area contributed by atoms with E-state index in [1.165, 1.54) is 11.1 Å². The first-order valence-electron chi connectivity index (χ1n) is 6.80. The largest absolute Gasteiger partial charge is 0.380 e. The van der Waals surface area contributed by atoms with Crippen molar-refractivity contribution in [2.45, 2.75) is 40.5 Å². The van der Waals surface area contributed by atoms with Crippen molar-refractivity contribution in [2.24, 2.45) is 5.92 Å². The van der Waals surface area contributed by atoms with Crippen molar-refractivity contribution >= 4 is 5.82 Å². The summed E-state index contributed by atoms with van der Waals surface area (Å²) in [6, 6.07) is 6.35. The Labute approximate surface area is 114 Å². The van der Waals surface area contributed by atoms with Crippen LogP contribution in [0.1, 0.15) is 37.2 Å². The van der Waals surface area contributed by atoms with E-state index in [1.54, 1.807) is 0 Å². The van der Waals surface area contributed by atoms with Gasteiger partial charge < -0.3 is 10.3 Å². The molecular formula is C16H22N2O. The van der Waals surface area contributed by atoms with E-state index >= 15 is 0 Å². The second-order valence-electron chi connectivity index (χ2n) is 5.60. The van der Waals surface area contributed by atoms with Gasteiger partial charge in [-0.25, -0.2) is 0 Å². The van der Waals surface area contributed by atoms with Gasteiger partial charge in [0.2, 0.25) is 0 Å². The SMILES string of the molecule is Cc1ccc(-c2c(N)noc2CCC(C)C)cc1C. The van der Waals surface area contributed by atoms with Gasteiger partial charge in [-0.2, -0.15) is 0 Å². The third-order valence-corrected chi connectivity index (χ3v) is 3.53. The molecule has 2 rings (SSSR count). The van der Waals surface area contributed by atoms with Crippen LogP contribution in [0.25, 0.3) is 11.1 Å². The summed E-state index contributed by atoms with van der Waals surface area (Å²) in [5, 5.41) is 3.93. The Bertz CT molecular complexity index is 570. The van der Waals surface area contributed by atoms with Gasteiger partial charge in [0.05, 0.1) is 5.56 Å². The van der Waals surface area contributed by atoms with Gasteiger partial charge in [0.15, 0.2) is 5.82 Å². The van der Waals surface area contributed by atoms with Crippen molar-refractivity contribution in [1.82, 2.24) is 5.16 Å². The lowest BCUT2D eigenvalue weighted by molar-refractivity contribution is 0.376. The maximum atomic E-state index is 5.96. The summed E-state index contributed by atoms with van der Waals surface area (Å²) in [5.41, 5.74) is 10.6. The number of nitrogen functional groups attached to an aromatic ring is 1. The molecule has 0 fully saturated rings. The average molecular weight is 258 g/mol. The zero-order chi connectivity index (χ0) is 14.0. The van der Waals surface area contributed by atoms with E-state index in [2.05, 4.69) is 51.1 Å². The standard InChI is InChI=1S/C16H22N2O/c1-10(2)5-8-14-15(16(17)18-19-14)13-7-6-11(3)12(4)9-13/h6-7,9-10H,5,8H2,1-4H3,(H2,17,18). The van der Waals surface area contributed by atoms with Crippen LogP contribution in [0, 0.1) is 19.8 Å². The summed E-state index contributed by atoms with van der Waals surface area (Å²) in [6.45, 7) is 8.62. The molecule has 0 aliphatic carbocycles. The Kier molecular flexibility index (Phi) is 3.93. The first kappa shape index (κ1) is 13.7. The fourth-order valence-electron chi connectivity index (χ4n) is 2.13. The molecule has 102 valence electrons. The summed E-state index contributed by atoms with van der Waals surface area (Å²) in [7, 11) is 0. The highest BCUT2D eigenvalue weighted by Gasteiger charge is 2.16. The Morgan fingerprint density at radius 3 is 2.58 bits per heavy atom. The number of aryl methyl sites for hydroxylation is 3. The lowest BCUT2D eigenvalue weighted by Crippen LogP contribution is -1.95. The molecule has 2 aromatic rings. The fourth-order valence-corrected chi connectivity index (χ4v) is 2.13. The Morgan fingerprint density at radius 1 is 1.21 bits per heavy atom. The van der Waals surface area contributed by atoms with E-state index in [1.807, 2.05) is 0 Å². The molecule has 0 radical (unpaired) electrons. The number of hydrogen-bond acceptors (Lipinski definition) is 3. The number of aromatic nitrogens is 1. The van der Waals surface area contributed by atoms with E-state index in [-0.39, 0.29) is 0 Å². The number of nitrogens with two attached hydrogens (primary N) is 1. The van der Waals surface area contributed by atoms with Crippen molar-refractivity contribution in [3.63, 3.8) is 0 Å². The molecule has 0 spiro atoms. The highest BCUT2D eigenvalue weighted by atomic mass is 16.5. The smallest absolute Gasteiger partial charge is 0.175 e. The van der Waals surface area contributed by atoms with E-state index in [0.29, 0.717) is 11.7 Å². The monoisotopic (exact) mass is 258 g/mol. The van der Waals surface area contributed by atoms with Gasteiger partial charge in [-0.05, 0) is 42.9 Å². The van der Waals surface area contributed by atoms with E-state index in [0.717, 1.165) is 29.7 Å². The quantitative estimate of drug-likeness (QED) is 0.897. The average Bonchev–Trinajstić information content (AvgIpc) is 2.71. The summed E-state index contributed by atoms with van der Waals surface area (Å²) in [6.07, 6.45) is 1.95. The lowest BCUT2D eigenvalue weighted by Gasteiger charge is -2.07. The number of benzene rings is 1. The zero-order valence-corrected chi connectivity index (χ0v) is 12.2. The second-order valence-corrected chi connectivity index (χ2v) is 5.60. The number of hydrogen-bond donors (Lipinski definition) is 1. The lowest BCUT2D eigenvalue weighted by atomic mass is 9.97. The first-order chi connectivity index (χ1) is 8.99. The fraction of sp³-hybridized carbons (Fsp3) is 0.438. The third kappa shape index (κ3) is 2.98. The molecule has 1 aromatic carbocycles. The zero-order valence-electron chi connectivity index (χ0n) is 12.2. The summed E-state index contributed by atoms with van der Waals surface area (Å²) < 4.78 is 5.40. The van der Waals surface area contributed by atoms with Gasteiger partial charge in [-0.3, -0.25) is 0 Å². The summed E-state index contributed by atoms with van der Waals surface area (Å²) in [5.74, 6) is 2.02. The van der Waals surface area contributed by atoms with Crippen LogP contribution in [0.2, 0.25) is 0 Å². The molecule has 0 saturated heterocycles. The maximum Gasteiger partial charge on any atom is 0.175 e. The molecule has 3 nitrogen and oxygen atoms in total. The van der Waals surface area contributed by atoms with Crippen LogP contribution >= 0.6 is 0 Å². The molecule has 0 atom stereocenters. The molecule has 0 aliphatic heterocycles. The third-order valence-electron chi connectivity index (χ3n) is 3.53. The molecule has 1 aromatic heterocycles. The highest BCUT2D eigenvalue weighted by Crippen LogP contribution is 2.32. The van der Waals surface area contributed by atoms with Crippen LogP contribution in [-0.2, 0) is 6.42 Å². The maximum absolute atomic E-state index is 5.96. The van der Waals surface area contributed by atoms with Crippen molar-refractivity contribution < 1.29 is 4.52 Å². The van der Waals surface area contributed by atoms with Gasteiger partial charge in [0.25, 0.3) is 0 Å². The van der Waals surface area contributed by atoms with E-state index < -0.39 is 0 Å². The van der Waals surface area contributed by atoms with Crippen molar-refractivity contribution in [1.29, 1.82) is 0 Å². The molecular weight excluding hydrogens is 236 g/mol. The van der Waals surface area contributed by atoms with Crippen LogP contribution in [0.4, 0.5) is 5.82 Å². The molecule has 0 unspecified atom stereocenters. The summed E-state index contributed by atoms with van der Waals surface area (Å²) in [4.78, 5) is 0. The molecule has 2 N–H and O–H groups in total. The van der Waals surface area contributed by atoms with Crippen molar-refractivity contribution in [2.75, 3.05) is 5.73 Å². The van der Waals surface area contributed by atoms with Crippen molar-refractivity contribution in [3.05, 3.63) is 35.1 Å². The number of anilines is 1. The predicted octanol–water partition coefficient (Wildman–Crippen LogP) is 4.13. The predicted molar refractivity (Wildman–Crippen MR) is 79.0 cm³/mol. The minimum absolute atomic E-state index is 0.488. The second kappa shape index (κ2) is 5.47. The molecule has 1 heterocycles. The van der Waals surface area contributed by atoms with Crippen LogP contribution in [-0.4, -0.2) is 5.16 Å². The number of rotatable bonds is 4. The van der Waals surface area contributed by atoms with Gasteiger partial charge in [-0.15, -0.1) is 0 Å². The van der Waals surface area contributed by atoms with Gasteiger partial charge in [0, 0.05) is 6.42 Å². The highest BCUT2D eigenvalue weighted by molar-refractivity contribution is 5.76. The molecule has 0 amide bonds. The Morgan fingerprint density at radius 2 is 1.95 bits per heavy atom. The molecule has 0 bridgehead atoms. The molecule has 0 aliphatic rings.